The summed E-state index contributed by atoms with van der Waals surface area (Å²) in [6, 6.07) is 9.49. The Kier molecular flexibility index (Phi) is 3.77. The van der Waals surface area contributed by atoms with E-state index in [0.717, 1.165) is 5.56 Å². The zero-order valence-corrected chi connectivity index (χ0v) is 9.63. The highest BCUT2D eigenvalue weighted by Gasteiger charge is 2.15. The van der Waals surface area contributed by atoms with E-state index in [4.69, 9.17) is 10.5 Å². The Morgan fingerprint density at radius 1 is 1.24 bits per heavy atom. The SMILES string of the molecule is N/C(=C\C(=O)N1CCOCC1)c1ccccc1. The summed E-state index contributed by atoms with van der Waals surface area (Å²) in [6.07, 6.45) is 1.49. The molecule has 2 N–H and O–H groups in total. The molecule has 0 atom stereocenters. The molecule has 17 heavy (non-hydrogen) atoms. The minimum Gasteiger partial charge on any atom is -0.398 e. The topological polar surface area (TPSA) is 55.6 Å². The van der Waals surface area contributed by atoms with Crippen LogP contribution in [0.3, 0.4) is 0 Å². The third kappa shape index (κ3) is 3.07. The predicted octanol–water partition coefficient (Wildman–Crippen LogP) is 0.845. The van der Waals surface area contributed by atoms with Gasteiger partial charge < -0.3 is 15.4 Å². The molecule has 1 aliphatic rings. The highest BCUT2D eigenvalue weighted by atomic mass is 16.5. The van der Waals surface area contributed by atoms with Crippen molar-refractivity contribution in [3.8, 4) is 0 Å². The van der Waals surface area contributed by atoms with Gasteiger partial charge in [0.05, 0.1) is 13.2 Å². The van der Waals surface area contributed by atoms with E-state index in [2.05, 4.69) is 0 Å². The lowest BCUT2D eigenvalue weighted by Gasteiger charge is -2.25. The minimum absolute atomic E-state index is 0.0466. The Bertz CT molecular complexity index is 409. The van der Waals surface area contributed by atoms with Gasteiger partial charge in [-0.25, -0.2) is 0 Å². The van der Waals surface area contributed by atoms with Gasteiger partial charge in [0.2, 0.25) is 5.91 Å². The summed E-state index contributed by atoms with van der Waals surface area (Å²) >= 11 is 0. The first kappa shape index (κ1) is 11.7. The van der Waals surface area contributed by atoms with E-state index in [0.29, 0.717) is 32.0 Å². The van der Waals surface area contributed by atoms with E-state index in [9.17, 15) is 4.79 Å². The van der Waals surface area contributed by atoms with Crippen molar-refractivity contribution in [2.24, 2.45) is 5.73 Å². The second-order valence-electron chi connectivity index (χ2n) is 3.90. The molecule has 90 valence electrons. The average molecular weight is 232 g/mol. The second kappa shape index (κ2) is 5.50. The van der Waals surface area contributed by atoms with Crippen LogP contribution >= 0.6 is 0 Å². The molecule has 1 aliphatic heterocycles. The normalized spacial score (nSPS) is 16.9. The van der Waals surface area contributed by atoms with Crippen LogP contribution < -0.4 is 5.73 Å². The van der Waals surface area contributed by atoms with Crippen molar-refractivity contribution in [2.45, 2.75) is 0 Å². The smallest absolute Gasteiger partial charge is 0.248 e. The second-order valence-corrected chi connectivity index (χ2v) is 3.90. The van der Waals surface area contributed by atoms with E-state index in [1.807, 2.05) is 30.3 Å². The average Bonchev–Trinajstić information content (AvgIpc) is 2.40. The van der Waals surface area contributed by atoms with Crippen LogP contribution in [0.2, 0.25) is 0 Å². The number of morpholine rings is 1. The lowest BCUT2D eigenvalue weighted by Crippen LogP contribution is -2.40. The molecule has 0 saturated carbocycles. The number of amides is 1. The molecule has 0 aliphatic carbocycles. The van der Waals surface area contributed by atoms with Gasteiger partial charge in [0, 0.05) is 24.9 Å². The molecule has 1 fully saturated rings. The lowest BCUT2D eigenvalue weighted by molar-refractivity contribution is -0.129. The molecule has 0 spiro atoms. The molecule has 1 saturated heterocycles. The molecule has 0 unspecified atom stereocenters. The Balaban J connectivity index is 2.05. The van der Waals surface area contributed by atoms with Crippen molar-refractivity contribution < 1.29 is 9.53 Å². The summed E-state index contributed by atoms with van der Waals surface area (Å²) in [4.78, 5) is 13.6. The van der Waals surface area contributed by atoms with Crippen molar-refractivity contribution in [3.05, 3.63) is 42.0 Å². The molecule has 4 nitrogen and oxygen atoms in total. The van der Waals surface area contributed by atoms with Crippen LogP contribution in [0.15, 0.2) is 36.4 Å². The molecule has 1 aromatic rings. The van der Waals surface area contributed by atoms with Crippen LogP contribution in [0.1, 0.15) is 5.56 Å². The monoisotopic (exact) mass is 232 g/mol. The van der Waals surface area contributed by atoms with E-state index in [1.54, 1.807) is 4.90 Å². The molecule has 0 aromatic heterocycles. The van der Waals surface area contributed by atoms with Gasteiger partial charge in [0.25, 0.3) is 0 Å². The molecule has 1 amide bonds. The summed E-state index contributed by atoms with van der Waals surface area (Å²) < 4.78 is 5.19. The van der Waals surface area contributed by atoms with Crippen LogP contribution in [0.25, 0.3) is 5.70 Å². The molecule has 2 rings (SSSR count). The Hall–Kier alpha value is -1.81. The third-order valence-corrected chi connectivity index (χ3v) is 2.71. The number of carbonyl (C=O) groups excluding carboxylic acids is 1. The first-order chi connectivity index (χ1) is 8.27. The highest BCUT2D eigenvalue weighted by Crippen LogP contribution is 2.09. The molecule has 0 bridgehead atoms. The van der Waals surface area contributed by atoms with Crippen LogP contribution in [0.4, 0.5) is 0 Å². The zero-order valence-electron chi connectivity index (χ0n) is 9.63. The van der Waals surface area contributed by atoms with E-state index in [-0.39, 0.29) is 5.91 Å². The summed E-state index contributed by atoms with van der Waals surface area (Å²) in [5, 5.41) is 0. The summed E-state index contributed by atoms with van der Waals surface area (Å²) in [7, 11) is 0. The Labute approximate surface area is 101 Å². The maximum absolute atomic E-state index is 11.9. The molecule has 0 radical (unpaired) electrons. The number of nitrogens with zero attached hydrogens (tertiary/aromatic N) is 1. The van der Waals surface area contributed by atoms with Crippen LogP contribution in [0, 0.1) is 0 Å². The van der Waals surface area contributed by atoms with Gasteiger partial charge in [-0.15, -0.1) is 0 Å². The first-order valence-electron chi connectivity index (χ1n) is 5.66. The van der Waals surface area contributed by atoms with Crippen LogP contribution in [0.5, 0.6) is 0 Å². The number of nitrogens with two attached hydrogens (primary N) is 1. The third-order valence-electron chi connectivity index (χ3n) is 2.71. The van der Waals surface area contributed by atoms with Gasteiger partial charge in [-0.05, 0) is 5.56 Å². The molecule has 1 heterocycles. The van der Waals surface area contributed by atoms with Crippen molar-refractivity contribution in [2.75, 3.05) is 26.3 Å². The summed E-state index contributed by atoms with van der Waals surface area (Å²) in [5.41, 5.74) is 7.26. The molecular weight excluding hydrogens is 216 g/mol. The number of hydrogen-bond donors (Lipinski definition) is 1. The predicted molar refractivity (Wildman–Crippen MR) is 66.0 cm³/mol. The summed E-state index contributed by atoms with van der Waals surface area (Å²) in [6.45, 7) is 2.48. The van der Waals surface area contributed by atoms with Gasteiger partial charge in [0.1, 0.15) is 0 Å². The Morgan fingerprint density at radius 2 is 1.88 bits per heavy atom. The number of rotatable bonds is 2. The number of benzene rings is 1. The maximum Gasteiger partial charge on any atom is 0.248 e. The van der Waals surface area contributed by atoms with E-state index >= 15 is 0 Å². The van der Waals surface area contributed by atoms with Gasteiger partial charge in [0.15, 0.2) is 0 Å². The largest absolute Gasteiger partial charge is 0.398 e. The molecule has 1 aromatic carbocycles. The quantitative estimate of drug-likeness (QED) is 0.769. The fraction of sp³-hybridized carbons (Fsp3) is 0.308. The van der Waals surface area contributed by atoms with Crippen molar-refractivity contribution in [1.82, 2.24) is 4.90 Å². The van der Waals surface area contributed by atoms with Crippen LogP contribution in [-0.4, -0.2) is 37.1 Å². The summed E-state index contributed by atoms with van der Waals surface area (Å²) in [5.74, 6) is -0.0466. The minimum atomic E-state index is -0.0466. The first-order valence-corrected chi connectivity index (χ1v) is 5.66. The fourth-order valence-corrected chi connectivity index (χ4v) is 1.72. The molecular formula is C13H16N2O2. The number of hydrogen-bond acceptors (Lipinski definition) is 3. The maximum atomic E-state index is 11.9. The van der Waals surface area contributed by atoms with Gasteiger partial charge >= 0.3 is 0 Å². The lowest BCUT2D eigenvalue weighted by atomic mass is 10.1. The van der Waals surface area contributed by atoms with Crippen molar-refractivity contribution in [3.63, 3.8) is 0 Å². The van der Waals surface area contributed by atoms with Crippen LogP contribution in [-0.2, 0) is 9.53 Å². The van der Waals surface area contributed by atoms with E-state index in [1.165, 1.54) is 6.08 Å². The number of ether oxygens (including phenoxy) is 1. The highest BCUT2D eigenvalue weighted by molar-refractivity contribution is 5.94. The van der Waals surface area contributed by atoms with Crippen molar-refractivity contribution in [1.29, 1.82) is 0 Å². The van der Waals surface area contributed by atoms with Gasteiger partial charge in [-0.2, -0.15) is 0 Å². The number of carbonyl (C=O) groups is 1. The standard InChI is InChI=1S/C13H16N2O2/c14-12(11-4-2-1-3-5-11)10-13(16)15-6-8-17-9-7-15/h1-5,10H,6-9,14H2/b12-10-. The fourth-order valence-electron chi connectivity index (χ4n) is 1.72. The zero-order chi connectivity index (χ0) is 12.1. The van der Waals surface area contributed by atoms with Gasteiger partial charge in [-0.1, -0.05) is 30.3 Å². The molecule has 4 heteroatoms. The van der Waals surface area contributed by atoms with Crippen molar-refractivity contribution >= 4 is 11.6 Å². The van der Waals surface area contributed by atoms with Gasteiger partial charge in [-0.3, -0.25) is 4.79 Å². The Morgan fingerprint density at radius 3 is 2.53 bits per heavy atom. The van der Waals surface area contributed by atoms with E-state index < -0.39 is 0 Å².